The molecule has 2 aromatic carbocycles. The summed E-state index contributed by atoms with van der Waals surface area (Å²) in [6.45, 7) is 5.07. The van der Waals surface area contributed by atoms with Gasteiger partial charge in [0.2, 0.25) is 0 Å². The van der Waals surface area contributed by atoms with Crippen molar-refractivity contribution in [3.05, 3.63) is 94.1 Å². The van der Waals surface area contributed by atoms with Crippen LogP contribution < -0.4 is 25.8 Å². The molecule has 0 amide bonds. The zero-order valence-corrected chi connectivity index (χ0v) is 28.5. The number of anilines is 2. The molecule has 0 radical (unpaired) electrons. The lowest BCUT2D eigenvalue weighted by Crippen LogP contribution is -2.31. The molecule has 4 aromatic rings. The first-order valence-corrected chi connectivity index (χ1v) is 16.5. The van der Waals surface area contributed by atoms with Gasteiger partial charge < -0.3 is 30.7 Å². The van der Waals surface area contributed by atoms with Crippen LogP contribution >= 0.6 is 11.8 Å². The summed E-state index contributed by atoms with van der Waals surface area (Å²) in [6, 6.07) is 5.56. The number of aromatic nitrogens is 3. The lowest BCUT2D eigenvalue weighted by Gasteiger charge is -2.30. The number of nitriles is 1. The fourth-order valence-electron chi connectivity index (χ4n) is 6.26. The van der Waals surface area contributed by atoms with Crippen LogP contribution in [0.25, 0.3) is 22.0 Å². The van der Waals surface area contributed by atoms with Gasteiger partial charge in [0.1, 0.15) is 53.6 Å². The summed E-state index contributed by atoms with van der Waals surface area (Å²) >= 11 is 0.505. The SMILES string of the molecule is C=C(N)Sc1c(F)ccc(-c2c(C(F)(F)F)c3c4c(nc(OCC5=CN(C)CC/C5=C\F)nc4c2F)N([C@H](C)c2cccnc2N)CCO3)c1C#N. The molecule has 0 aliphatic carbocycles. The standard InChI is InChI=1S/C35H30F6N8O2S/c1-17(21-5-4-9-45-32(21)44)49-11-12-50-30-26-29(46-34(47-33(26)49)51-16-20-15-48(3)10-8-19(20)13-36)28(38)25(27(30)35(39,40)41)22-6-7-24(37)31(23(22)14-42)52-18(2)43/h4-7,9,13,15,17H,2,8,10-12,16,43H2,1,3H3,(H2,44,45)/b19-13+/t17-/m1/s1. The van der Waals surface area contributed by atoms with Gasteiger partial charge in [-0.2, -0.15) is 28.4 Å². The highest BCUT2D eigenvalue weighted by Crippen LogP contribution is 2.53. The number of pyridine rings is 1. The molecule has 6 rings (SSSR count). The Morgan fingerprint density at radius 2 is 2.00 bits per heavy atom. The third-order valence-electron chi connectivity index (χ3n) is 8.66. The smallest absolute Gasteiger partial charge is 0.420 e. The van der Waals surface area contributed by atoms with E-state index in [0.29, 0.717) is 47.8 Å². The zero-order valence-electron chi connectivity index (χ0n) is 27.7. The molecular weight excluding hydrogens is 710 g/mol. The van der Waals surface area contributed by atoms with Crippen molar-refractivity contribution < 1.29 is 35.8 Å². The van der Waals surface area contributed by atoms with Crippen molar-refractivity contribution in [3.8, 4) is 29.0 Å². The lowest BCUT2D eigenvalue weighted by atomic mass is 9.91. The molecule has 10 nitrogen and oxygen atoms in total. The van der Waals surface area contributed by atoms with E-state index in [-0.39, 0.29) is 36.4 Å². The number of ether oxygens (including phenoxy) is 2. The molecule has 4 heterocycles. The van der Waals surface area contributed by atoms with E-state index in [1.807, 2.05) is 4.90 Å². The first-order valence-electron chi connectivity index (χ1n) is 15.7. The summed E-state index contributed by atoms with van der Waals surface area (Å²) in [7, 11) is 1.79. The van der Waals surface area contributed by atoms with Crippen molar-refractivity contribution >= 4 is 34.3 Å². The number of halogens is 6. The highest BCUT2D eigenvalue weighted by molar-refractivity contribution is 8.03. The molecule has 0 saturated carbocycles. The second-order valence-electron chi connectivity index (χ2n) is 11.9. The van der Waals surface area contributed by atoms with Crippen LogP contribution in [0.5, 0.6) is 11.8 Å². The first kappa shape index (κ1) is 36.2. The molecule has 4 N–H and O–H groups in total. The van der Waals surface area contributed by atoms with Crippen molar-refractivity contribution in [3.63, 3.8) is 0 Å². The van der Waals surface area contributed by atoms with E-state index < -0.39 is 73.7 Å². The summed E-state index contributed by atoms with van der Waals surface area (Å²) in [5, 5.41) is 9.51. The predicted octanol–water partition coefficient (Wildman–Crippen LogP) is 7.38. The van der Waals surface area contributed by atoms with Crippen molar-refractivity contribution in [2.24, 2.45) is 5.73 Å². The minimum Gasteiger partial charge on any atom is -0.490 e. The third-order valence-corrected chi connectivity index (χ3v) is 9.52. The van der Waals surface area contributed by atoms with Crippen LogP contribution in [0, 0.1) is 23.0 Å². The summed E-state index contributed by atoms with van der Waals surface area (Å²) in [6.07, 6.45) is -1.31. The number of alkyl halides is 3. The Bertz CT molecular complexity index is 2200. The molecule has 0 unspecified atom stereocenters. The summed E-state index contributed by atoms with van der Waals surface area (Å²) in [5.41, 5.74) is 8.60. The Morgan fingerprint density at radius 3 is 2.67 bits per heavy atom. The maximum absolute atomic E-state index is 17.2. The van der Waals surface area contributed by atoms with Gasteiger partial charge in [-0.15, -0.1) is 0 Å². The number of thioether (sulfide) groups is 1. The normalized spacial score (nSPS) is 15.9. The molecule has 0 bridgehead atoms. The molecule has 0 saturated heterocycles. The van der Waals surface area contributed by atoms with Crippen LogP contribution in [0.4, 0.5) is 38.0 Å². The van der Waals surface area contributed by atoms with E-state index in [1.165, 1.54) is 6.20 Å². The number of rotatable bonds is 8. The van der Waals surface area contributed by atoms with E-state index in [0.717, 1.165) is 12.1 Å². The fraction of sp³-hybridized carbons (Fsp3) is 0.257. The molecule has 1 atom stereocenters. The minimum atomic E-state index is -5.28. The quantitative estimate of drug-likeness (QED) is 0.138. The van der Waals surface area contributed by atoms with Gasteiger partial charge in [0.05, 0.1) is 39.8 Å². The Kier molecular flexibility index (Phi) is 9.86. The Labute approximate surface area is 298 Å². The number of hydrogen-bond acceptors (Lipinski definition) is 11. The van der Waals surface area contributed by atoms with Gasteiger partial charge in [-0.05, 0) is 37.1 Å². The molecule has 2 aromatic heterocycles. The summed E-state index contributed by atoms with van der Waals surface area (Å²) in [4.78, 5) is 15.8. The second-order valence-corrected chi connectivity index (χ2v) is 13.1. The van der Waals surface area contributed by atoms with Gasteiger partial charge in [-0.1, -0.05) is 24.4 Å². The van der Waals surface area contributed by atoms with Crippen molar-refractivity contribution in [2.45, 2.75) is 30.5 Å². The van der Waals surface area contributed by atoms with E-state index in [1.54, 1.807) is 43.3 Å². The highest BCUT2D eigenvalue weighted by atomic mass is 32.2. The minimum absolute atomic E-state index is 0.0614. The van der Waals surface area contributed by atoms with Crippen LogP contribution in [-0.2, 0) is 6.18 Å². The molecule has 0 fully saturated rings. The maximum Gasteiger partial charge on any atom is 0.420 e. The highest BCUT2D eigenvalue weighted by Gasteiger charge is 2.44. The summed E-state index contributed by atoms with van der Waals surface area (Å²) in [5.74, 6) is -3.33. The van der Waals surface area contributed by atoms with Crippen LogP contribution in [-0.4, -0.2) is 53.2 Å². The van der Waals surface area contributed by atoms with Crippen molar-refractivity contribution in [2.75, 3.05) is 44.0 Å². The topological polar surface area (TPSA) is 139 Å². The largest absolute Gasteiger partial charge is 0.490 e. The molecule has 270 valence electrons. The van der Waals surface area contributed by atoms with Gasteiger partial charge in [0.25, 0.3) is 0 Å². The Hall–Kier alpha value is -5.63. The fourth-order valence-corrected chi connectivity index (χ4v) is 6.94. The van der Waals surface area contributed by atoms with E-state index in [9.17, 15) is 14.0 Å². The molecule has 2 aliphatic heterocycles. The maximum atomic E-state index is 17.2. The van der Waals surface area contributed by atoms with E-state index in [2.05, 4.69) is 21.5 Å². The van der Waals surface area contributed by atoms with Gasteiger partial charge in [-0.3, -0.25) is 0 Å². The Morgan fingerprint density at radius 1 is 1.23 bits per heavy atom. The number of nitrogen functional groups attached to an aromatic ring is 1. The number of hydrogen-bond donors (Lipinski definition) is 2. The molecule has 52 heavy (non-hydrogen) atoms. The van der Waals surface area contributed by atoms with Crippen LogP contribution in [0.3, 0.4) is 0 Å². The molecule has 17 heteroatoms. The van der Waals surface area contributed by atoms with Gasteiger partial charge in [0.15, 0.2) is 5.82 Å². The van der Waals surface area contributed by atoms with E-state index in [4.69, 9.17) is 20.9 Å². The van der Waals surface area contributed by atoms with Gasteiger partial charge in [0, 0.05) is 48.3 Å². The molecular formula is C35H30F6N8O2S. The number of benzene rings is 2. The van der Waals surface area contributed by atoms with Crippen molar-refractivity contribution in [1.29, 1.82) is 5.26 Å². The first-order chi connectivity index (χ1) is 24.7. The van der Waals surface area contributed by atoms with Crippen molar-refractivity contribution in [1.82, 2.24) is 19.9 Å². The Balaban J connectivity index is 1.67. The average Bonchev–Trinajstić information content (AvgIpc) is 3.28. The molecule has 0 spiro atoms. The number of nitrogens with zero attached hydrogens (tertiary/aromatic N) is 6. The lowest BCUT2D eigenvalue weighted by molar-refractivity contribution is -0.138. The van der Waals surface area contributed by atoms with Gasteiger partial charge in [-0.25, -0.2) is 18.2 Å². The zero-order chi connectivity index (χ0) is 37.5. The number of nitrogens with two attached hydrogens (primary N) is 2. The monoisotopic (exact) mass is 740 g/mol. The predicted molar refractivity (Wildman–Crippen MR) is 184 cm³/mol. The van der Waals surface area contributed by atoms with E-state index >= 15 is 17.6 Å². The average molecular weight is 741 g/mol. The third kappa shape index (κ3) is 6.61. The van der Waals surface area contributed by atoms with Crippen LogP contribution in [0.15, 0.2) is 70.6 Å². The van der Waals surface area contributed by atoms with Crippen LogP contribution in [0.2, 0.25) is 0 Å². The second kappa shape index (κ2) is 14.2. The molecule has 2 aliphatic rings. The summed E-state index contributed by atoms with van der Waals surface area (Å²) < 4.78 is 104. The van der Waals surface area contributed by atoms with Gasteiger partial charge >= 0.3 is 12.2 Å². The van der Waals surface area contributed by atoms with Crippen LogP contribution in [0.1, 0.15) is 36.1 Å².